The summed E-state index contributed by atoms with van der Waals surface area (Å²) in [5.41, 5.74) is -1.16. The maximum Gasteiger partial charge on any atom is 0.278 e. The molecule has 0 aromatic heterocycles. The monoisotopic (exact) mass is 391 g/mol. The molecule has 0 saturated heterocycles. The number of nitro benzene ring substituents is 2. The summed E-state index contributed by atoms with van der Waals surface area (Å²) < 4.78 is 0.578. The van der Waals surface area contributed by atoms with Crippen molar-refractivity contribution >= 4 is 44.8 Å². The van der Waals surface area contributed by atoms with Crippen LogP contribution >= 0.6 is 15.9 Å². The van der Waals surface area contributed by atoms with E-state index in [4.69, 9.17) is 0 Å². The Balaban J connectivity index is 2.16. The largest absolute Gasteiger partial charge is 0.278 e. The van der Waals surface area contributed by atoms with E-state index in [1.165, 1.54) is 12.1 Å². The molecular weight excluding hydrogens is 386 g/mol. The zero-order chi connectivity index (χ0) is 17.6. The quantitative estimate of drug-likeness (QED) is 0.449. The number of hydrogen-bond donors (Lipinski definition) is 0. The summed E-state index contributed by atoms with van der Waals surface area (Å²) in [6.45, 7) is 0. The second-order valence-electron chi connectivity index (χ2n) is 4.86. The molecule has 0 bridgehead atoms. The van der Waals surface area contributed by atoms with Gasteiger partial charge in [-0.05, 0) is 18.2 Å². The van der Waals surface area contributed by atoms with Crippen LogP contribution in [-0.2, 0) is 0 Å². The third-order valence-electron chi connectivity index (χ3n) is 3.42. The number of benzene rings is 2. The van der Waals surface area contributed by atoms with Crippen molar-refractivity contribution < 1.29 is 19.4 Å². The molecule has 0 spiro atoms. The van der Waals surface area contributed by atoms with Gasteiger partial charge < -0.3 is 0 Å². The Kier molecular flexibility index (Phi) is 3.60. The van der Waals surface area contributed by atoms with Gasteiger partial charge in [-0.15, -0.1) is 0 Å². The van der Waals surface area contributed by atoms with Crippen molar-refractivity contribution in [3.63, 3.8) is 0 Å². The van der Waals surface area contributed by atoms with Crippen molar-refractivity contribution in [1.82, 2.24) is 0 Å². The number of fused-ring (bicyclic) bond motifs is 1. The number of nitro groups is 2. The number of anilines is 1. The van der Waals surface area contributed by atoms with Crippen LogP contribution in [0.3, 0.4) is 0 Å². The van der Waals surface area contributed by atoms with Crippen LogP contribution in [0.5, 0.6) is 0 Å². The van der Waals surface area contributed by atoms with Gasteiger partial charge in [-0.1, -0.05) is 15.9 Å². The SMILES string of the molecule is O=C1c2ccc(Br)cc2C(=O)N1c1cc([N+](=O)[O-])cc([N+](=O)[O-])c1. The molecule has 0 unspecified atom stereocenters. The fourth-order valence-corrected chi connectivity index (χ4v) is 2.73. The molecule has 2 aromatic carbocycles. The van der Waals surface area contributed by atoms with E-state index in [0.717, 1.165) is 18.2 Å². The number of rotatable bonds is 3. The molecule has 1 aliphatic rings. The second-order valence-corrected chi connectivity index (χ2v) is 5.77. The Hall–Kier alpha value is -3.14. The van der Waals surface area contributed by atoms with Gasteiger partial charge in [0.1, 0.15) is 0 Å². The molecule has 0 aliphatic carbocycles. The predicted octanol–water partition coefficient (Wildman–Crippen LogP) is 3.07. The highest BCUT2D eigenvalue weighted by molar-refractivity contribution is 9.10. The summed E-state index contributed by atoms with van der Waals surface area (Å²) in [5, 5.41) is 21.9. The van der Waals surface area contributed by atoms with Crippen molar-refractivity contribution in [1.29, 1.82) is 0 Å². The molecule has 1 heterocycles. The van der Waals surface area contributed by atoms with E-state index in [9.17, 15) is 29.8 Å². The topological polar surface area (TPSA) is 124 Å². The summed E-state index contributed by atoms with van der Waals surface area (Å²) >= 11 is 3.19. The summed E-state index contributed by atoms with van der Waals surface area (Å²) in [4.78, 5) is 45.8. The molecule has 0 saturated carbocycles. The summed E-state index contributed by atoms with van der Waals surface area (Å²) in [7, 11) is 0. The standard InChI is InChI=1S/C14H6BrN3O6/c15-7-1-2-11-12(3-7)14(20)16(13(11)19)8-4-9(17(21)22)6-10(5-8)18(23)24/h1-6H. The molecule has 24 heavy (non-hydrogen) atoms. The lowest BCUT2D eigenvalue weighted by Crippen LogP contribution is -2.29. The molecule has 120 valence electrons. The van der Waals surface area contributed by atoms with E-state index in [0.29, 0.717) is 9.37 Å². The van der Waals surface area contributed by atoms with Crippen LogP contribution in [0.2, 0.25) is 0 Å². The van der Waals surface area contributed by atoms with Gasteiger partial charge in [0.25, 0.3) is 23.2 Å². The minimum absolute atomic E-state index is 0.114. The van der Waals surface area contributed by atoms with E-state index >= 15 is 0 Å². The lowest BCUT2D eigenvalue weighted by Gasteiger charge is -2.13. The number of nitrogens with zero attached hydrogens (tertiary/aromatic N) is 3. The molecule has 0 radical (unpaired) electrons. The lowest BCUT2D eigenvalue weighted by molar-refractivity contribution is -0.394. The fourth-order valence-electron chi connectivity index (χ4n) is 2.37. The summed E-state index contributed by atoms with van der Waals surface area (Å²) in [5.74, 6) is -1.40. The van der Waals surface area contributed by atoms with Gasteiger partial charge in [0.2, 0.25) is 0 Å². The first-order chi connectivity index (χ1) is 11.3. The van der Waals surface area contributed by atoms with Crippen LogP contribution in [0.15, 0.2) is 40.9 Å². The van der Waals surface area contributed by atoms with E-state index in [-0.39, 0.29) is 16.8 Å². The van der Waals surface area contributed by atoms with Crippen LogP contribution in [0.1, 0.15) is 20.7 Å². The third kappa shape index (κ3) is 2.42. The minimum Gasteiger partial charge on any atom is -0.268 e. The van der Waals surface area contributed by atoms with Crippen molar-refractivity contribution in [2.75, 3.05) is 4.90 Å². The molecule has 0 fully saturated rings. The van der Waals surface area contributed by atoms with Crippen LogP contribution in [0.4, 0.5) is 17.1 Å². The maximum atomic E-state index is 12.5. The molecule has 10 heteroatoms. The number of carbonyl (C=O) groups excluding carboxylic acids is 2. The highest BCUT2D eigenvalue weighted by Crippen LogP contribution is 2.34. The molecule has 3 rings (SSSR count). The average molecular weight is 392 g/mol. The van der Waals surface area contributed by atoms with Crippen molar-refractivity contribution in [2.45, 2.75) is 0 Å². The number of carbonyl (C=O) groups is 2. The molecule has 0 atom stereocenters. The van der Waals surface area contributed by atoms with E-state index in [1.54, 1.807) is 6.07 Å². The Labute approximate surface area is 141 Å². The third-order valence-corrected chi connectivity index (χ3v) is 3.91. The lowest BCUT2D eigenvalue weighted by atomic mass is 10.1. The zero-order valence-electron chi connectivity index (χ0n) is 11.6. The highest BCUT2D eigenvalue weighted by atomic mass is 79.9. The summed E-state index contributed by atoms with van der Waals surface area (Å²) in [6.07, 6.45) is 0. The van der Waals surface area contributed by atoms with Crippen LogP contribution in [0, 0.1) is 20.2 Å². The van der Waals surface area contributed by atoms with E-state index in [2.05, 4.69) is 15.9 Å². The zero-order valence-corrected chi connectivity index (χ0v) is 13.2. The molecule has 0 N–H and O–H groups in total. The normalized spacial score (nSPS) is 13.1. The van der Waals surface area contributed by atoms with Gasteiger partial charge in [0.15, 0.2) is 0 Å². The second kappa shape index (κ2) is 5.49. The first-order valence-corrected chi connectivity index (χ1v) is 7.21. The molecular formula is C14H6BrN3O6. The number of non-ortho nitro benzene ring substituents is 2. The van der Waals surface area contributed by atoms with Crippen molar-refractivity contribution in [3.05, 3.63) is 72.2 Å². The molecule has 2 aromatic rings. The van der Waals surface area contributed by atoms with Gasteiger partial charge in [-0.3, -0.25) is 29.8 Å². The average Bonchev–Trinajstić information content (AvgIpc) is 2.77. The molecule has 2 amide bonds. The van der Waals surface area contributed by atoms with E-state index in [1.807, 2.05) is 0 Å². The van der Waals surface area contributed by atoms with Crippen LogP contribution < -0.4 is 4.90 Å². The van der Waals surface area contributed by atoms with Crippen LogP contribution in [-0.4, -0.2) is 21.7 Å². The van der Waals surface area contributed by atoms with Gasteiger partial charge in [-0.25, -0.2) is 4.90 Å². The van der Waals surface area contributed by atoms with Gasteiger partial charge in [0.05, 0.1) is 32.7 Å². The first-order valence-electron chi connectivity index (χ1n) is 6.42. The highest BCUT2D eigenvalue weighted by Gasteiger charge is 2.38. The smallest absolute Gasteiger partial charge is 0.268 e. The Morgan fingerprint density at radius 3 is 1.92 bits per heavy atom. The predicted molar refractivity (Wildman–Crippen MR) is 85.0 cm³/mol. The van der Waals surface area contributed by atoms with Crippen LogP contribution in [0.25, 0.3) is 0 Å². The Bertz CT molecular complexity index is 910. The number of imide groups is 1. The number of amides is 2. The van der Waals surface area contributed by atoms with Gasteiger partial charge in [0, 0.05) is 16.6 Å². The molecule has 9 nitrogen and oxygen atoms in total. The summed E-state index contributed by atoms with van der Waals surface area (Å²) in [6, 6.07) is 7.11. The number of hydrogen-bond acceptors (Lipinski definition) is 6. The first kappa shape index (κ1) is 15.7. The maximum absolute atomic E-state index is 12.5. The number of halogens is 1. The van der Waals surface area contributed by atoms with Gasteiger partial charge >= 0.3 is 0 Å². The fraction of sp³-hybridized carbons (Fsp3) is 0. The minimum atomic E-state index is -0.828. The Morgan fingerprint density at radius 2 is 1.38 bits per heavy atom. The Morgan fingerprint density at radius 1 is 0.833 bits per heavy atom. The van der Waals surface area contributed by atoms with Crippen molar-refractivity contribution in [2.24, 2.45) is 0 Å². The van der Waals surface area contributed by atoms with Gasteiger partial charge in [-0.2, -0.15) is 0 Å². The van der Waals surface area contributed by atoms with E-state index < -0.39 is 33.0 Å². The van der Waals surface area contributed by atoms with Crippen molar-refractivity contribution in [3.8, 4) is 0 Å². The molecule has 1 aliphatic heterocycles.